The van der Waals surface area contributed by atoms with Crippen molar-refractivity contribution >= 4 is 11.6 Å². The summed E-state index contributed by atoms with van der Waals surface area (Å²) in [5.41, 5.74) is 1.31. The van der Waals surface area contributed by atoms with Crippen LogP contribution in [0.25, 0.3) is 0 Å². The maximum atomic E-state index is 13.8. The number of hydrogen-bond acceptors (Lipinski definition) is 4. The van der Waals surface area contributed by atoms with E-state index in [1.165, 1.54) is 6.07 Å². The highest BCUT2D eigenvalue weighted by Gasteiger charge is 2.13. The molecule has 0 spiro atoms. The van der Waals surface area contributed by atoms with E-state index in [4.69, 9.17) is 21.1 Å². The van der Waals surface area contributed by atoms with Gasteiger partial charge in [0.1, 0.15) is 12.4 Å². The minimum Gasteiger partial charge on any atom is -0.490 e. The van der Waals surface area contributed by atoms with Gasteiger partial charge in [-0.15, -0.1) is 0 Å². The molecule has 2 N–H and O–H groups in total. The summed E-state index contributed by atoms with van der Waals surface area (Å²) in [5.74, 6) is 0.715. The highest BCUT2D eigenvalue weighted by Crippen LogP contribution is 2.34. The zero-order chi connectivity index (χ0) is 18.9. The summed E-state index contributed by atoms with van der Waals surface area (Å²) >= 11 is 6.37. The number of hydrogen-bond donors (Lipinski definition) is 2. The SMILES string of the molecule is CCOc1cc(CNC(CC)CO)c(Cl)cc1OCc1ccccc1F. The van der Waals surface area contributed by atoms with Crippen LogP contribution < -0.4 is 14.8 Å². The summed E-state index contributed by atoms with van der Waals surface area (Å²) in [6.07, 6.45) is 0.816. The molecule has 1 atom stereocenters. The lowest BCUT2D eigenvalue weighted by Gasteiger charge is -2.17. The highest BCUT2D eigenvalue weighted by atomic mass is 35.5. The van der Waals surface area contributed by atoms with Gasteiger partial charge in [0.15, 0.2) is 11.5 Å². The Bertz CT molecular complexity index is 707. The first kappa shape index (κ1) is 20.5. The number of aliphatic hydroxyl groups excluding tert-OH is 1. The van der Waals surface area contributed by atoms with Crippen molar-refractivity contribution in [3.05, 3.63) is 58.4 Å². The summed E-state index contributed by atoms with van der Waals surface area (Å²) in [6.45, 7) is 5.01. The Hall–Kier alpha value is -1.82. The lowest BCUT2D eigenvalue weighted by molar-refractivity contribution is 0.238. The summed E-state index contributed by atoms with van der Waals surface area (Å²) in [6, 6.07) is 9.99. The van der Waals surface area contributed by atoms with E-state index >= 15 is 0 Å². The number of halogens is 2. The second kappa shape index (κ2) is 10.4. The molecule has 26 heavy (non-hydrogen) atoms. The van der Waals surface area contributed by atoms with E-state index in [9.17, 15) is 9.50 Å². The van der Waals surface area contributed by atoms with Gasteiger partial charge in [0.25, 0.3) is 0 Å². The lowest BCUT2D eigenvalue weighted by Crippen LogP contribution is -2.31. The normalized spacial score (nSPS) is 12.0. The summed E-state index contributed by atoms with van der Waals surface area (Å²) in [7, 11) is 0. The van der Waals surface area contributed by atoms with Crippen LogP contribution in [0.5, 0.6) is 11.5 Å². The minimum atomic E-state index is -0.313. The van der Waals surface area contributed by atoms with Crippen molar-refractivity contribution in [3.63, 3.8) is 0 Å². The van der Waals surface area contributed by atoms with E-state index < -0.39 is 0 Å². The van der Waals surface area contributed by atoms with Crippen LogP contribution in [-0.2, 0) is 13.2 Å². The maximum Gasteiger partial charge on any atom is 0.163 e. The molecule has 2 aromatic carbocycles. The predicted molar refractivity (Wildman–Crippen MR) is 101 cm³/mol. The summed E-state index contributed by atoms with van der Waals surface area (Å²) < 4.78 is 25.2. The summed E-state index contributed by atoms with van der Waals surface area (Å²) in [4.78, 5) is 0. The molecule has 0 amide bonds. The fourth-order valence-corrected chi connectivity index (χ4v) is 2.68. The van der Waals surface area contributed by atoms with Crippen molar-refractivity contribution in [1.82, 2.24) is 5.32 Å². The fraction of sp³-hybridized carbons (Fsp3) is 0.400. The van der Waals surface area contributed by atoms with Crippen LogP contribution >= 0.6 is 11.6 Å². The van der Waals surface area contributed by atoms with Crippen molar-refractivity contribution in [2.45, 2.75) is 39.5 Å². The Labute approximate surface area is 158 Å². The molecule has 0 saturated heterocycles. The van der Waals surface area contributed by atoms with Crippen molar-refractivity contribution in [3.8, 4) is 11.5 Å². The van der Waals surface area contributed by atoms with E-state index in [-0.39, 0.29) is 25.1 Å². The zero-order valence-corrected chi connectivity index (χ0v) is 15.9. The first-order valence-corrected chi connectivity index (χ1v) is 9.12. The molecule has 0 fully saturated rings. The number of rotatable bonds is 10. The van der Waals surface area contributed by atoms with Crippen LogP contribution in [0, 0.1) is 5.82 Å². The predicted octanol–water partition coefficient (Wildman–Crippen LogP) is 4.32. The molecular formula is C20H25ClFNO3. The summed E-state index contributed by atoms with van der Waals surface area (Å²) in [5, 5.41) is 13.1. The van der Waals surface area contributed by atoms with Crippen LogP contribution in [0.15, 0.2) is 36.4 Å². The minimum absolute atomic E-state index is 0.0126. The van der Waals surface area contributed by atoms with E-state index in [0.29, 0.717) is 35.2 Å². The first-order valence-electron chi connectivity index (χ1n) is 8.74. The van der Waals surface area contributed by atoms with Gasteiger partial charge in [-0.05, 0) is 31.0 Å². The Morgan fingerprint density at radius 2 is 1.85 bits per heavy atom. The third-order valence-electron chi connectivity index (χ3n) is 4.05. The Kier molecular flexibility index (Phi) is 8.16. The van der Waals surface area contributed by atoms with Gasteiger partial charge in [0, 0.05) is 29.2 Å². The molecule has 0 aromatic heterocycles. The van der Waals surface area contributed by atoms with Gasteiger partial charge in [-0.1, -0.05) is 36.7 Å². The van der Waals surface area contributed by atoms with Crippen LogP contribution in [-0.4, -0.2) is 24.4 Å². The van der Waals surface area contributed by atoms with Gasteiger partial charge in [-0.25, -0.2) is 4.39 Å². The molecule has 4 nitrogen and oxygen atoms in total. The van der Waals surface area contributed by atoms with Gasteiger partial charge in [-0.2, -0.15) is 0 Å². The Morgan fingerprint density at radius 3 is 2.50 bits per heavy atom. The molecule has 0 saturated carbocycles. The third-order valence-corrected chi connectivity index (χ3v) is 4.40. The van der Waals surface area contributed by atoms with Crippen molar-refractivity contribution < 1.29 is 19.0 Å². The van der Waals surface area contributed by atoms with Crippen LogP contribution in [0.4, 0.5) is 4.39 Å². The largest absolute Gasteiger partial charge is 0.490 e. The van der Waals surface area contributed by atoms with Gasteiger partial charge >= 0.3 is 0 Å². The molecule has 142 valence electrons. The molecular weight excluding hydrogens is 357 g/mol. The zero-order valence-electron chi connectivity index (χ0n) is 15.1. The lowest BCUT2D eigenvalue weighted by atomic mass is 10.1. The quantitative estimate of drug-likeness (QED) is 0.643. The van der Waals surface area contributed by atoms with Crippen molar-refractivity contribution in [1.29, 1.82) is 0 Å². The second-order valence-electron chi connectivity index (χ2n) is 5.87. The van der Waals surface area contributed by atoms with Gasteiger partial charge in [-0.3, -0.25) is 0 Å². The van der Waals surface area contributed by atoms with Crippen molar-refractivity contribution in [2.75, 3.05) is 13.2 Å². The highest BCUT2D eigenvalue weighted by molar-refractivity contribution is 6.31. The molecule has 1 unspecified atom stereocenters. The first-order chi connectivity index (χ1) is 12.6. The molecule has 0 heterocycles. The third kappa shape index (κ3) is 5.59. The molecule has 2 rings (SSSR count). The second-order valence-corrected chi connectivity index (χ2v) is 6.28. The average molecular weight is 382 g/mol. The topological polar surface area (TPSA) is 50.7 Å². The standard InChI is InChI=1S/C20H25ClFNO3/c1-3-16(12-24)23-11-15-9-19(25-4-2)20(10-17(15)21)26-13-14-7-5-6-8-18(14)22/h5-10,16,23-24H,3-4,11-13H2,1-2H3. The molecule has 0 aliphatic carbocycles. The Morgan fingerprint density at radius 1 is 1.12 bits per heavy atom. The number of aliphatic hydroxyl groups is 1. The Balaban J connectivity index is 2.15. The average Bonchev–Trinajstić information content (AvgIpc) is 2.64. The molecule has 0 radical (unpaired) electrons. The van der Waals surface area contributed by atoms with E-state index in [0.717, 1.165) is 12.0 Å². The van der Waals surface area contributed by atoms with Crippen LogP contribution in [0.3, 0.4) is 0 Å². The molecule has 6 heteroatoms. The van der Waals surface area contributed by atoms with E-state index in [1.54, 1.807) is 24.3 Å². The van der Waals surface area contributed by atoms with Crippen LogP contribution in [0.2, 0.25) is 5.02 Å². The molecule has 2 aromatic rings. The van der Waals surface area contributed by atoms with Gasteiger partial charge in [0.05, 0.1) is 13.2 Å². The van der Waals surface area contributed by atoms with E-state index in [2.05, 4.69) is 5.32 Å². The number of nitrogens with one attached hydrogen (secondary N) is 1. The number of benzene rings is 2. The molecule has 0 bridgehead atoms. The smallest absolute Gasteiger partial charge is 0.163 e. The fourth-order valence-electron chi connectivity index (χ4n) is 2.46. The van der Waals surface area contributed by atoms with E-state index in [1.807, 2.05) is 19.9 Å². The number of ether oxygens (including phenoxy) is 2. The molecule has 0 aliphatic heterocycles. The maximum absolute atomic E-state index is 13.8. The van der Waals surface area contributed by atoms with Gasteiger partial charge < -0.3 is 19.9 Å². The van der Waals surface area contributed by atoms with Gasteiger partial charge in [0.2, 0.25) is 0 Å². The van der Waals surface area contributed by atoms with Crippen LogP contribution in [0.1, 0.15) is 31.4 Å². The van der Waals surface area contributed by atoms with Crippen molar-refractivity contribution in [2.24, 2.45) is 0 Å². The monoisotopic (exact) mass is 381 g/mol. The molecule has 0 aliphatic rings.